The van der Waals surface area contributed by atoms with Crippen molar-refractivity contribution in [3.8, 4) is 0 Å². The topological polar surface area (TPSA) is 46.9 Å². The molecule has 1 aromatic rings. The van der Waals surface area contributed by atoms with Gasteiger partial charge in [0.1, 0.15) is 0 Å². The predicted molar refractivity (Wildman–Crippen MR) is 65.6 cm³/mol. The molecule has 90 valence electrons. The number of hydrogen-bond donors (Lipinski definition) is 1. The summed E-state index contributed by atoms with van der Waals surface area (Å²) >= 11 is 0. The number of aromatic nitrogens is 2. The van der Waals surface area contributed by atoms with E-state index in [2.05, 4.69) is 31.2 Å². The first-order chi connectivity index (χ1) is 7.38. The Morgan fingerprint density at radius 1 is 1.38 bits per heavy atom. The van der Waals surface area contributed by atoms with E-state index in [1.54, 1.807) is 12.1 Å². The Morgan fingerprint density at radius 3 is 2.69 bits per heavy atom. The summed E-state index contributed by atoms with van der Waals surface area (Å²) in [5, 5.41) is 7.57. The lowest BCUT2D eigenvalue weighted by molar-refractivity contribution is 0.406. The third-order valence-electron chi connectivity index (χ3n) is 2.20. The van der Waals surface area contributed by atoms with Gasteiger partial charge in [-0.2, -0.15) is 5.10 Å². The quantitative estimate of drug-likeness (QED) is 0.783. The van der Waals surface area contributed by atoms with E-state index in [-0.39, 0.29) is 11.1 Å². The van der Waals surface area contributed by atoms with Gasteiger partial charge < -0.3 is 5.32 Å². The molecular weight excluding hydrogens is 202 g/mol. The van der Waals surface area contributed by atoms with E-state index >= 15 is 0 Å². The number of aryl methyl sites for hydroxylation is 2. The van der Waals surface area contributed by atoms with Gasteiger partial charge in [0.15, 0.2) is 0 Å². The van der Waals surface area contributed by atoms with Gasteiger partial charge in [-0.05, 0) is 46.7 Å². The summed E-state index contributed by atoms with van der Waals surface area (Å²) in [5.41, 5.74) is 0.982. The molecule has 1 heterocycles. The third-order valence-corrected chi connectivity index (χ3v) is 2.20. The largest absolute Gasteiger partial charge is 0.312 e. The SMILES string of the molecule is Cc1ccc(=O)n(CCCNC(C)(C)C)n1. The van der Waals surface area contributed by atoms with Gasteiger partial charge in [-0.3, -0.25) is 4.79 Å². The van der Waals surface area contributed by atoms with Gasteiger partial charge in [0.05, 0.1) is 5.69 Å². The Balaban J connectivity index is 2.43. The van der Waals surface area contributed by atoms with Gasteiger partial charge in [-0.25, -0.2) is 4.68 Å². The van der Waals surface area contributed by atoms with Crippen LogP contribution in [0, 0.1) is 6.92 Å². The minimum absolute atomic E-state index is 0.0265. The molecule has 0 aromatic carbocycles. The summed E-state index contributed by atoms with van der Waals surface area (Å²) < 4.78 is 1.53. The van der Waals surface area contributed by atoms with Crippen LogP contribution in [0.5, 0.6) is 0 Å². The molecule has 4 heteroatoms. The first kappa shape index (κ1) is 12.9. The van der Waals surface area contributed by atoms with Crippen molar-refractivity contribution in [2.45, 2.75) is 46.2 Å². The van der Waals surface area contributed by atoms with Crippen LogP contribution in [0.15, 0.2) is 16.9 Å². The summed E-state index contributed by atoms with van der Waals surface area (Å²) in [6.07, 6.45) is 0.910. The second kappa shape index (κ2) is 5.25. The maximum Gasteiger partial charge on any atom is 0.266 e. The van der Waals surface area contributed by atoms with Crippen LogP contribution in [0.2, 0.25) is 0 Å². The maximum absolute atomic E-state index is 11.4. The van der Waals surface area contributed by atoms with Crippen molar-refractivity contribution >= 4 is 0 Å². The molecule has 0 saturated carbocycles. The lowest BCUT2D eigenvalue weighted by Gasteiger charge is -2.20. The Bertz CT molecular complexity index is 390. The Labute approximate surface area is 96.7 Å². The second-order valence-corrected chi connectivity index (χ2v) is 5.07. The highest BCUT2D eigenvalue weighted by molar-refractivity contribution is 4.96. The first-order valence-corrected chi connectivity index (χ1v) is 5.68. The highest BCUT2D eigenvalue weighted by Crippen LogP contribution is 1.98. The standard InChI is InChI=1S/C12H21N3O/c1-10-6-7-11(16)15(14-10)9-5-8-13-12(2,3)4/h6-7,13H,5,8-9H2,1-4H3. The van der Waals surface area contributed by atoms with E-state index in [9.17, 15) is 4.79 Å². The smallest absolute Gasteiger partial charge is 0.266 e. The number of nitrogens with zero attached hydrogens (tertiary/aromatic N) is 2. The summed E-state index contributed by atoms with van der Waals surface area (Å²) in [6.45, 7) is 9.84. The molecule has 0 aliphatic heterocycles. The molecule has 0 bridgehead atoms. The van der Waals surface area contributed by atoms with Crippen LogP contribution in [0.25, 0.3) is 0 Å². The molecule has 0 spiro atoms. The molecule has 0 aliphatic rings. The van der Waals surface area contributed by atoms with E-state index in [1.807, 2.05) is 6.92 Å². The van der Waals surface area contributed by atoms with Gasteiger partial charge in [0, 0.05) is 18.2 Å². The molecule has 0 saturated heterocycles. The van der Waals surface area contributed by atoms with Crippen molar-refractivity contribution < 1.29 is 0 Å². The monoisotopic (exact) mass is 223 g/mol. The zero-order valence-corrected chi connectivity index (χ0v) is 10.6. The fraction of sp³-hybridized carbons (Fsp3) is 0.667. The van der Waals surface area contributed by atoms with Crippen molar-refractivity contribution in [1.82, 2.24) is 15.1 Å². The highest BCUT2D eigenvalue weighted by atomic mass is 16.1. The number of hydrogen-bond acceptors (Lipinski definition) is 3. The van der Waals surface area contributed by atoms with Crippen LogP contribution in [0.1, 0.15) is 32.9 Å². The van der Waals surface area contributed by atoms with Crippen molar-refractivity contribution in [1.29, 1.82) is 0 Å². The molecule has 0 atom stereocenters. The van der Waals surface area contributed by atoms with E-state index in [1.165, 1.54) is 4.68 Å². The van der Waals surface area contributed by atoms with Crippen molar-refractivity contribution in [3.63, 3.8) is 0 Å². The number of rotatable bonds is 4. The molecule has 0 fully saturated rings. The highest BCUT2D eigenvalue weighted by Gasteiger charge is 2.07. The minimum atomic E-state index is -0.0265. The van der Waals surface area contributed by atoms with Crippen molar-refractivity contribution in [2.24, 2.45) is 0 Å². The van der Waals surface area contributed by atoms with Crippen LogP contribution < -0.4 is 10.9 Å². The lowest BCUT2D eigenvalue weighted by Crippen LogP contribution is -2.37. The van der Waals surface area contributed by atoms with Gasteiger partial charge in [-0.15, -0.1) is 0 Å². The van der Waals surface area contributed by atoms with Crippen LogP contribution in [-0.4, -0.2) is 21.9 Å². The van der Waals surface area contributed by atoms with E-state index in [4.69, 9.17) is 0 Å². The van der Waals surface area contributed by atoms with Gasteiger partial charge in [0.25, 0.3) is 5.56 Å². The van der Waals surface area contributed by atoms with Crippen molar-refractivity contribution in [2.75, 3.05) is 6.54 Å². The Hall–Kier alpha value is -1.16. The Kier molecular flexibility index (Phi) is 4.24. The maximum atomic E-state index is 11.4. The minimum Gasteiger partial charge on any atom is -0.312 e. The predicted octanol–water partition coefficient (Wildman–Crippen LogP) is 1.33. The van der Waals surface area contributed by atoms with Crippen LogP contribution >= 0.6 is 0 Å². The molecule has 0 amide bonds. The van der Waals surface area contributed by atoms with Crippen LogP contribution in [-0.2, 0) is 6.54 Å². The first-order valence-electron chi connectivity index (χ1n) is 5.68. The zero-order chi connectivity index (χ0) is 12.2. The van der Waals surface area contributed by atoms with E-state index < -0.39 is 0 Å². The Morgan fingerprint density at radius 2 is 2.06 bits per heavy atom. The number of nitrogens with one attached hydrogen (secondary N) is 1. The molecular formula is C12H21N3O. The second-order valence-electron chi connectivity index (χ2n) is 5.07. The third kappa shape index (κ3) is 4.57. The normalized spacial score (nSPS) is 11.8. The average Bonchev–Trinajstić information content (AvgIpc) is 2.16. The molecule has 4 nitrogen and oxygen atoms in total. The van der Waals surface area contributed by atoms with Gasteiger partial charge >= 0.3 is 0 Å². The van der Waals surface area contributed by atoms with Crippen molar-refractivity contribution in [3.05, 3.63) is 28.2 Å². The fourth-order valence-electron chi connectivity index (χ4n) is 1.40. The zero-order valence-electron chi connectivity index (χ0n) is 10.6. The van der Waals surface area contributed by atoms with Gasteiger partial charge in [0.2, 0.25) is 0 Å². The molecule has 16 heavy (non-hydrogen) atoms. The van der Waals surface area contributed by atoms with Crippen LogP contribution in [0.3, 0.4) is 0 Å². The fourth-order valence-corrected chi connectivity index (χ4v) is 1.40. The average molecular weight is 223 g/mol. The summed E-state index contributed by atoms with van der Waals surface area (Å²) in [4.78, 5) is 11.4. The van der Waals surface area contributed by atoms with Gasteiger partial charge in [-0.1, -0.05) is 0 Å². The summed E-state index contributed by atoms with van der Waals surface area (Å²) in [5.74, 6) is 0. The molecule has 1 aromatic heterocycles. The molecule has 1 N–H and O–H groups in total. The summed E-state index contributed by atoms with van der Waals surface area (Å²) in [7, 11) is 0. The molecule has 0 aliphatic carbocycles. The van der Waals surface area contributed by atoms with E-state index in [0.29, 0.717) is 6.54 Å². The summed E-state index contributed by atoms with van der Waals surface area (Å²) in [6, 6.07) is 3.31. The van der Waals surface area contributed by atoms with E-state index in [0.717, 1.165) is 18.7 Å². The molecule has 0 radical (unpaired) electrons. The molecule has 0 unspecified atom stereocenters. The van der Waals surface area contributed by atoms with Crippen LogP contribution in [0.4, 0.5) is 0 Å². The lowest BCUT2D eigenvalue weighted by atomic mass is 10.1. The molecule has 1 rings (SSSR count).